The fraction of sp³-hybridized carbons (Fsp3) is 0.600. The molecule has 0 bridgehead atoms. The molecule has 0 unspecified atom stereocenters. The summed E-state index contributed by atoms with van der Waals surface area (Å²) in [6, 6.07) is 6.97. The topological polar surface area (TPSA) is 26.0 Å². The molecule has 0 amide bonds. The summed E-state index contributed by atoms with van der Waals surface area (Å²) in [6.07, 6.45) is 7.58. The van der Waals surface area contributed by atoms with Gasteiger partial charge in [0, 0.05) is 5.54 Å². The van der Waals surface area contributed by atoms with E-state index >= 15 is 0 Å². The van der Waals surface area contributed by atoms with Crippen LogP contribution in [0.25, 0.3) is 0 Å². The van der Waals surface area contributed by atoms with Gasteiger partial charge in [0.15, 0.2) is 0 Å². The summed E-state index contributed by atoms with van der Waals surface area (Å²) in [7, 11) is 0. The second kappa shape index (κ2) is 5.88. The van der Waals surface area contributed by atoms with E-state index in [-0.39, 0.29) is 17.9 Å². The highest BCUT2D eigenvalue weighted by Gasteiger charge is 2.14. The third kappa shape index (κ3) is 4.33. The molecule has 0 heterocycles. The number of benzene rings is 1. The van der Waals surface area contributed by atoms with Crippen molar-refractivity contribution in [2.75, 3.05) is 0 Å². The van der Waals surface area contributed by atoms with Gasteiger partial charge in [-0.1, -0.05) is 24.6 Å². The number of hydrogen-bond donors (Lipinski definition) is 1. The molecule has 17 heavy (non-hydrogen) atoms. The van der Waals surface area contributed by atoms with Gasteiger partial charge in [-0.3, -0.25) is 0 Å². The van der Waals surface area contributed by atoms with Gasteiger partial charge in [0.2, 0.25) is 0 Å². The van der Waals surface area contributed by atoms with E-state index in [1.165, 1.54) is 37.7 Å². The summed E-state index contributed by atoms with van der Waals surface area (Å²) in [4.78, 5) is 0. The minimum Gasteiger partial charge on any atom is -0.325 e. The van der Waals surface area contributed by atoms with Crippen molar-refractivity contribution in [1.29, 1.82) is 0 Å². The molecule has 0 fully saturated rings. The zero-order valence-corrected chi connectivity index (χ0v) is 11.8. The lowest BCUT2D eigenvalue weighted by Crippen LogP contribution is -2.34. The zero-order valence-electron chi connectivity index (χ0n) is 11.0. The first-order valence-electron chi connectivity index (χ1n) is 6.44. The van der Waals surface area contributed by atoms with Gasteiger partial charge >= 0.3 is 0 Å². The Morgan fingerprint density at radius 2 is 1.71 bits per heavy atom. The van der Waals surface area contributed by atoms with Crippen molar-refractivity contribution in [1.82, 2.24) is 0 Å². The van der Waals surface area contributed by atoms with Gasteiger partial charge in [-0.2, -0.15) is 0 Å². The molecule has 96 valence electrons. The third-order valence-electron chi connectivity index (χ3n) is 3.32. The van der Waals surface area contributed by atoms with Gasteiger partial charge in [0.25, 0.3) is 0 Å². The molecule has 1 aliphatic rings. The molecular weight excluding hydrogens is 230 g/mol. The molecule has 1 aliphatic carbocycles. The summed E-state index contributed by atoms with van der Waals surface area (Å²) >= 11 is 0. The minimum atomic E-state index is -0.0982. The first kappa shape index (κ1) is 14.5. The largest absolute Gasteiger partial charge is 0.325 e. The highest BCUT2D eigenvalue weighted by molar-refractivity contribution is 5.85. The summed E-state index contributed by atoms with van der Waals surface area (Å²) in [5.41, 5.74) is 10.5. The molecule has 0 saturated carbocycles. The van der Waals surface area contributed by atoms with Crippen LogP contribution in [0, 0.1) is 0 Å². The number of fused-ring (bicyclic) bond motifs is 1. The van der Waals surface area contributed by atoms with Crippen LogP contribution in [0.2, 0.25) is 0 Å². The zero-order chi connectivity index (χ0) is 11.6. The van der Waals surface area contributed by atoms with Gasteiger partial charge in [-0.15, -0.1) is 12.4 Å². The van der Waals surface area contributed by atoms with Crippen LogP contribution in [-0.2, 0) is 19.3 Å². The van der Waals surface area contributed by atoms with Crippen LogP contribution in [0.1, 0.15) is 49.8 Å². The average Bonchev–Trinajstić information content (AvgIpc) is 2.39. The Kier molecular flexibility index (Phi) is 5.03. The molecular formula is C15H24ClN. The van der Waals surface area contributed by atoms with Crippen LogP contribution in [0.4, 0.5) is 0 Å². The molecule has 0 saturated heterocycles. The fourth-order valence-corrected chi connectivity index (χ4v) is 2.60. The Morgan fingerprint density at radius 3 is 2.35 bits per heavy atom. The van der Waals surface area contributed by atoms with Crippen LogP contribution in [0.5, 0.6) is 0 Å². The van der Waals surface area contributed by atoms with Crippen molar-refractivity contribution in [2.24, 2.45) is 5.73 Å². The van der Waals surface area contributed by atoms with Crippen LogP contribution >= 0.6 is 12.4 Å². The highest BCUT2D eigenvalue weighted by atomic mass is 35.5. The van der Waals surface area contributed by atoms with Crippen molar-refractivity contribution in [3.63, 3.8) is 0 Å². The quantitative estimate of drug-likeness (QED) is 0.800. The van der Waals surface area contributed by atoms with E-state index in [1.54, 1.807) is 11.1 Å². The number of rotatable bonds is 2. The molecule has 0 radical (unpaired) electrons. The summed E-state index contributed by atoms with van der Waals surface area (Å²) < 4.78 is 0. The van der Waals surface area contributed by atoms with Crippen molar-refractivity contribution < 1.29 is 0 Å². The minimum absolute atomic E-state index is 0. The molecule has 0 atom stereocenters. The van der Waals surface area contributed by atoms with Gasteiger partial charge in [0.1, 0.15) is 0 Å². The SMILES string of the molecule is CC(C)(N)Cc1ccc2c(c1)CCCCC2.Cl. The van der Waals surface area contributed by atoms with Crippen molar-refractivity contribution in [3.05, 3.63) is 34.9 Å². The number of nitrogens with two attached hydrogens (primary N) is 1. The van der Waals surface area contributed by atoms with E-state index in [0.717, 1.165) is 6.42 Å². The van der Waals surface area contributed by atoms with Crippen LogP contribution in [0.3, 0.4) is 0 Å². The van der Waals surface area contributed by atoms with Crippen molar-refractivity contribution in [2.45, 2.75) is 57.9 Å². The second-order valence-corrected chi connectivity index (χ2v) is 5.83. The Labute approximate surface area is 111 Å². The molecule has 1 nitrogen and oxygen atoms in total. The van der Waals surface area contributed by atoms with Crippen molar-refractivity contribution in [3.8, 4) is 0 Å². The smallest absolute Gasteiger partial charge is 0.0138 e. The van der Waals surface area contributed by atoms with Gasteiger partial charge in [0.05, 0.1) is 0 Å². The Balaban J connectivity index is 0.00000144. The number of aryl methyl sites for hydroxylation is 2. The molecule has 2 rings (SSSR count). The Hall–Kier alpha value is -0.530. The fourth-order valence-electron chi connectivity index (χ4n) is 2.60. The Bertz CT molecular complexity index is 366. The number of halogens is 1. The monoisotopic (exact) mass is 253 g/mol. The van der Waals surface area contributed by atoms with Crippen LogP contribution < -0.4 is 5.73 Å². The molecule has 2 heteroatoms. The standard InChI is InChI=1S/C15H23N.ClH/c1-15(2,16)11-12-8-9-13-6-4-3-5-7-14(13)10-12;/h8-10H,3-7,11,16H2,1-2H3;1H. The average molecular weight is 254 g/mol. The van der Waals surface area contributed by atoms with E-state index in [0.29, 0.717) is 0 Å². The normalized spacial score (nSPS) is 15.7. The second-order valence-electron chi connectivity index (χ2n) is 5.83. The maximum atomic E-state index is 6.07. The summed E-state index contributed by atoms with van der Waals surface area (Å²) in [5.74, 6) is 0. The van der Waals surface area contributed by atoms with E-state index in [1.807, 2.05) is 0 Å². The summed E-state index contributed by atoms with van der Waals surface area (Å²) in [5, 5.41) is 0. The van der Waals surface area contributed by atoms with Gasteiger partial charge < -0.3 is 5.73 Å². The van der Waals surface area contributed by atoms with Crippen LogP contribution in [0.15, 0.2) is 18.2 Å². The predicted octanol–water partition coefficient (Wildman–Crippen LogP) is 3.66. The lowest BCUT2D eigenvalue weighted by molar-refractivity contribution is 0.516. The number of hydrogen-bond acceptors (Lipinski definition) is 1. The first-order valence-corrected chi connectivity index (χ1v) is 6.44. The lowest BCUT2D eigenvalue weighted by atomic mass is 9.92. The maximum absolute atomic E-state index is 6.07. The highest BCUT2D eigenvalue weighted by Crippen LogP contribution is 2.23. The molecule has 0 spiro atoms. The van der Waals surface area contributed by atoms with E-state index in [4.69, 9.17) is 5.73 Å². The molecule has 1 aromatic carbocycles. The van der Waals surface area contributed by atoms with Crippen molar-refractivity contribution >= 4 is 12.4 Å². The molecule has 1 aromatic rings. The first-order chi connectivity index (χ1) is 7.54. The Morgan fingerprint density at radius 1 is 1.06 bits per heavy atom. The molecule has 0 aromatic heterocycles. The van der Waals surface area contributed by atoms with Crippen LogP contribution in [-0.4, -0.2) is 5.54 Å². The van der Waals surface area contributed by atoms with E-state index < -0.39 is 0 Å². The molecule has 0 aliphatic heterocycles. The summed E-state index contributed by atoms with van der Waals surface area (Å²) in [6.45, 7) is 4.19. The van der Waals surface area contributed by atoms with E-state index in [9.17, 15) is 0 Å². The lowest BCUT2D eigenvalue weighted by Gasteiger charge is -2.19. The third-order valence-corrected chi connectivity index (χ3v) is 3.32. The maximum Gasteiger partial charge on any atom is 0.0138 e. The van der Waals surface area contributed by atoms with Gasteiger partial charge in [-0.25, -0.2) is 0 Å². The molecule has 2 N–H and O–H groups in total. The predicted molar refractivity (Wildman–Crippen MR) is 76.9 cm³/mol. The van der Waals surface area contributed by atoms with Gasteiger partial charge in [-0.05, 0) is 62.6 Å². The van der Waals surface area contributed by atoms with E-state index in [2.05, 4.69) is 32.0 Å².